The number of hydrogen-bond acceptors (Lipinski definition) is 2. The van der Waals surface area contributed by atoms with Crippen LogP contribution in [0.1, 0.15) is 19.0 Å². The maximum Gasteiger partial charge on any atom is 0.293 e. The van der Waals surface area contributed by atoms with E-state index < -0.39 is 0 Å². The monoisotopic (exact) mass is 204 g/mol. The molecule has 0 bridgehead atoms. The Morgan fingerprint density at radius 2 is 2.27 bits per heavy atom. The van der Waals surface area contributed by atoms with Gasteiger partial charge in [-0.15, -0.1) is 0 Å². The molecule has 0 saturated carbocycles. The van der Waals surface area contributed by atoms with Crippen LogP contribution in [0.3, 0.4) is 0 Å². The second-order valence-electron chi connectivity index (χ2n) is 3.54. The van der Waals surface area contributed by atoms with Crippen molar-refractivity contribution >= 4 is 16.6 Å². The van der Waals surface area contributed by atoms with E-state index in [9.17, 15) is 10.1 Å². The van der Waals surface area contributed by atoms with Crippen LogP contribution in [0.25, 0.3) is 10.9 Å². The number of aromatic nitrogens is 1. The summed E-state index contributed by atoms with van der Waals surface area (Å²) >= 11 is 0. The first-order valence-corrected chi connectivity index (χ1v) is 4.97. The summed E-state index contributed by atoms with van der Waals surface area (Å²) in [6.07, 6.45) is 1.95. The smallest absolute Gasteiger partial charge is 0.293 e. The van der Waals surface area contributed by atoms with Gasteiger partial charge in [0.25, 0.3) is 5.69 Å². The molecule has 1 aromatic heterocycles. The van der Waals surface area contributed by atoms with Crippen LogP contribution in [0.15, 0.2) is 24.3 Å². The zero-order valence-corrected chi connectivity index (χ0v) is 8.49. The molecular weight excluding hydrogens is 192 g/mol. The van der Waals surface area contributed by atoms with Crippen LogP contribution < -0.4 is 0 Å². The van der Waals surface area contributed by atoms with Gasteiger partial charge in [0.15, 0.2) is 0 Å². The highest BCUT2D eigenvalue weighted by molar-refractivity contribution is 5.88. The van der Waals surface area contributed by atoms with E-state index in [0.717, 1.165) is 23.9 Å². The van der Waals surface area contributed by atoms with Gasteiger partial charge in [-0.3, -0.25) is 10.1 Å². The van der Waals surface area contributed by atoms with Crippen LogP contribution in [0, 0.1) is 10.1 Å². The minimum absolute atomic E-state index is 0.148. The van der Waals surface area contributed by atoms with E-state index in [2.05, 4.69) is 11.9 Å². The van der Waals surface area contributed by atoms with E-state index >= 15 is 0 Å². The Balaban J connectivity index is 2.59. The summed E-state index contributed by atoms with van der Waals surface area (Å²) in [6.45, 7) is 2.08. The Hall–Kier alpha value is -1.84. The average Bonchev–Trinajstić information content (AvgIpc) is 2.59. The van der Waals surface area contributed by atoms with Crippen molar-refractivity contribution in [1.82, 2.24) is 4.98 Å². The fourth-order valence-electron chi connectivity index (χ4n) is 1.75. The molecule has 0 aliphatic heterocycles. The van der Waals surface area contributed by atoms with Crippen LogP contribution in [0.4, 0.5) is 5.69 Å². The topological polar surface area (TPSA) is 58.9 Å². The molecule has 1 aromatic carbocycles. The summed E-state index contributed by atoms with van der Waals surface area (Å²) in [6, 6.07) is 7.10. The summed E-state index contributed by atoms with van der Waals surface area (Å²) in [4.78, 5) is 13.5. The molecule has 0 amide bonds. The lowest BCUT2D eigenvalue weighted by Crippen LogP contribution is -1.89. The SMILES string of the molecule is CCCc1cc2cccc([N+](=O)[O-])c2[nH]1. The van der Waals surface area contributed by atoms with Gasteiger partial charge >= 0.3 is 0 Å². The number of non-ortho nitro benzene ring substituents is 1. The Morgan fingerprint density at radius 1 is 1.47 bits per heavy atom. The number of fused-ring (bicyclic) bond motifs is 1. The van der Waals surface area contributed by atoms with Crippen molar-refractivity contribution in [2.75, 3.05) is 0 Å². The van der Waals surface area contributed by atoms with Gasteiger partial charge in [0.05, 0.1) is 4.92 Å². The standard InChI is InChI=1S/C11H12N2O2/c1-2-4-9-7-8-5-3-6-10(13(14)15)11(8)12-9/h3,5-7,12H,2,4H2,1H3. The maximum atomic E-state index is 10.8. The number of nitrogens with one attached hydrogen (secondary N) is 1. The number of H-pyrrole nitrogens is 1. The van der Waals surface area contributed by atoms with Gasteiger partial charge in [-0.2, -0.15) is 0 Å². The summed E-state index contributed by atoms with van der Waals surface area (Å²) in [5.41, 5.74) is 1.84. The van der Waals surface area contributed by atoms with E-state index in [-0.39, 0.29) is 10.6 Å². The molecule has 15 heavy (non-hydrogen) atoms. The third kappa shape index (κ3) is 1.70. The van der Waals surface area contributed by atoms with Crippen LogP contribution in [0.5, 0.6) is 0 Å². The summed E-state index contributed by atoms with van der Waals surface area (Å²) in [5.74, 6) is 0. The van der Waals surface area contributed by atoms with Crippen molar-refractivity contribution < 1.29 is 4.92 Å². The molecule has 4 heteroatoms. The van der Waals surface area contributed by atoms with Gasteiger partial charge in [-0.1, -0.05) is 25.5 Å². The van der Waals surface area contributed by atoms with Gasteiger partial charge in [-0.25, -0.2) is 0 Å². The first kappa shape index (κ1) is 9.71. The highest BCUT2D eigenvalue weighted by atomic mass is 16.6. The van der Waals surface area contributed by atoms with Crippen molar-refractivity contribution in [3.05, 3.63) is 40.1 Å². The Kier molecular flexibility index (Phi) is 2.41. The molecular formula is C11H12N2O2. The molecule has 2 rings (SSSR count). The molecule has 78 valence electrons. The number of rotatable bonds is 3. The van der Waals surface area contributed by atoms with Crippen LogP contribution in [-0.2, 0) is 6.42 Å². The molecule has 0 spiro atoms. The molecule has 0 fully saturated rings. The number of hydrogen-bond donors (Lipinski definition) is 1. The third-order valence-corrected chi connectivity index (χ3v) is 2.41. The second-order valence-corrected chi connectivity index (χ2v) is 3.54. The lowest BCUT2D eigenvalue weighted by molar-refractivity contribution is -0.383. The molecule has 0 radical (unpaired) electrons. The first-order chi connectivity index (χ1) is 7.22. The van der Waals surface area contributed by atoms with Crippen LogP contribution >= 0.6 is 0 Å². The Labute approximate surface area is 87.1 Å². The molecule has 0 atom stereocenters. The predicted octanol–water partition coefficient (Wildman–Crippen LogP) is 3.03. The van der Waals surface area contributed by atoms with E-state index in [0.29, 0.717) is 5.52 Å². The molecule has 0 aliphatic carbocycles. The van der Waals surface area contributed by atoms with Gasteiger partial charge < -0.3 is 4.98 Å². The number of nitrogens with zero attached hydrogens (tertiary/aromatic N) is 1. The van der Waals surface area contributed by atoms with E-state index in [4.69, 9.17) is 0 Å². The number of aromatic amines is 1. The Morgan fingerprint density at radius 3 is 2.93 bits per heavy atom. The second kappa shape index (κ2) is 3.73. The fourth-order valence-corrected chi connectivity index (χ4v) is 1.75. The summed E-state index contributed by atoms with van der Waals surface area (Å²) in [5, 5.41) is 11.7. The van der Waals surface area contributed by atoms with E-state index in [1.807, 2.05) is 12.1 Å². The quantitative estimate of drug-likeness (QED) is 0.617. The largest absolute Gasteiger partial charge is 0.353 e. The normalized spacial score (nSPS) is 10.7. The molecule has 0 saturated heterocycles. The van der Waals surface area contributed by atoms with E-state index in [1.165, 1.54) is 6.07 Å². The first-order valence-electron chi connectivity index (χ1n) is 4.97. The summed E-state index contributed by atoms with van der Waals surface area (Å²) < 4.78 is 0. The van der Waals surface area contributed by atoms with Crippen molar-refractivity contribution in [3.63, 3.8) is 0 Å². The average molecular weight is 204 g/mol. The van der Waals surface area contributed by atoms with E-state index in [1.54, 1.807) is 6.07 Å². The minimum Gasteiger partial charge on any atom is -0.353 e. The molecule has 1 heterocycles. The molecule has 0 unspecified atom stereocenters. The van der Waals surface area contributed by atoms with Crippen molar-refractivity contribution in [2.45, 2.75) is 19.8 Å². The maximum absolute atomic E-state index is 10.8. The van der Waals surface area contributed by atoms with Crippen molar-refractivity contribution in [3.8, 4) is 0 Å². The van der Waals surface area contributed by atoms with Crippen LogP contribution in [0.2, 0.25) is 0 Å². The zero-order valence-electron chi connectivity index (χ0n) is 8.49. The van der Waals surface area contributed by atoms with Crippen molar-refractivity contribution in [2.24, 2.45) is 0 Å². The van der Waals surface area contributed by atoms with Gasteiger partial charge in [0.1, 0.15) is 5.52 Å². The highest BCUT2D eigenvalue weighted by Crippen LogP contribution is 2.25. The summed E-state index contributed by atoms with van der Waals surface area (Å²) in [7, 11) is 0. The molecule has 1 N–H and O–H groups in total. The Bertz CT molecular complexity index is 502. The molecule has 2 aromatic rings. The third-order valence-electron chi connectivity index (χ3n) is 2.41. The zero-order chi connectivity index (χ0) is 10.8. The predicted molar refractivity (Wildman–Crippen MR) is 58.9 cm³/mol. The highest BCUT2D eigenvalue weighted by Gasteiger charge is 2.12. The number of nitro benzene ring substituents is 1. The lowest BCUT2D eigenvalue weighted by atomic mass is 10.2. The minimum atomic E-state index is -0.353. The van der Waals surface area contributed by atoms with Gasteiger partial charge in [0.2, 0.25) is 0 Å². The molecule has 0 aliphatic rings. The molecule has 4 nitrogen and oxygen atoms in total. The van der Waals surface area contributed by atoms with Gasteiger partial charge in [0, 0.05) is 17.1 Å². The number of aryl methyl sites for hydroxylation is 1. The number of benzene rings is 1. The number of para-hydroxylation sites is 1. The van der Waals surface area contributed by atoms with Crippen molar-refractivity contribution in [1.29, 1.82) is 0 Å². The van der Waals surface area contributed by atoms with Crippen LogP contribution in [-0.4, -0.2) is 9.91 Å². The lowest BCUT2D eigenvalue weighted by Gasteiger charge is -1.92. The number of nitro groups is 1. The fraction of sp³-hybridized carbons (Fsp3) is 0.273. The van der Waals surface area contributed by atoms with Gasteiger partial charge in [-0.05, 0) is 12.5 Å².